The molecule has 0 aliphatic carbocycles. The third-order valence-electron chi connectivity index (χ3n) is 6.99. The highest BCUT2D eigenvalue weighted by Crippen LogP contribution is 2.42. The summed E-state index contributed by atoms with van der Waals surface area (Å²) in [4.78, 5) is 0. The maximum atomic E-state index is 6.89. The van der Waals surface area contributed by atoms with Crippen molar-refractivity contribution in [1.29, 1.82) is 0 Å². The molecule has 0 amide bonds. The monoisotopic (exact) mass is 482 g/mol. The van der Waals surface area contributed by atoms with Gasteiger partial charge in [-0.25, -0.2) is 0 Å². The Hall–Kier alpha value is -1.92. The first-order chi connectivity index (χ1) is 16.3. The van der Waals surface area contributed by atoms with Gasteiger partial charge in [0.2, 0.25) is 8.32 Å². The molecule has 5 heteroatoms. The van der Waals surface area contributed by atoms with Gasteiger partial charge in [-0.1, -0.05) is 102 Å². The van der Waals surface area contributed by atoms with Gasteiger partial charge in [-0.05, 0) is 33.8 Å². The molecule has 2 aromatic carbocycles. The van der Waals surface area contributed by atoms with Gasteiger partial charge in [-0.15, -0.1) is 0 Å². The van der Waals surface area contributed by atoms with Gasteiger partial charge in [0.15, 0.2) is 0 Å². The highest BCUT2D eigenvalue weighted by molar-refractivity contribution is 6.77. The quantitative estimate of drug-likeness (QED) is 0.298. The fraction of sp³-hybridized carbons (Fsp3) is 0.517. The first kappa shape index (κ1) is 26.7. The number of benzene rings is 2. The zero-order chi connectivity index (χ0) is 24.6. The van der Waals surface area contributed by atoms with E-state index in [0.29, 0.717) is 36.4 Å². The average molecular weight is 483 g/mol. The summed E-state index contributed by atoms with van der Waals surface area (Å²) in [6, 6.07) is 20.5. The Morgan fingerprint density at radius 1 is 0.735 bits per heavy atom. The van der Waals surface area contributed by atoms with Crippen molar-refractivity contribution in [2.24, 2.45) is 0 Å². The van der Waals surface area contributed by atoms with Crippen LogP contribution in [0.15, 0.2) is 73.0 Å². The Morgan fingerprint density at radius 3 is 1.74 bits per heavy atom. The van der Waals surface area contributed by atoms with Gasteiger partial charge in [0, 0.05) is 0 Å². The molecule has 0 radical (unpaired) electrons. The molecular formula is C29H42O4Si. The molecule has 34 heavy (non-hydrogen) atoms. The Kier molecular flexibility index (Phi) is 9.95. The highest BCUT2D eigenvalue weighted by atomic mass is 28.4. The van der Waals surface area contributed by atoms with Gasteiger partial charge in [0.25, 0.3) is 0 Å². The van der Waals surface area contributed by atoms with E-state index in [1.807, 2.05) is 42.5 Å². The second kappa shape index (κ2) is 12.7. The lowest BCUT2D eigenvalue weighted by Crippen LogP contribution is -2.52. The van der Waals surface area contributed by atoms with Crippen LogP contribution in [0.3, 0.4) is 0 Å². The first-order valence-electron chi connectivity index (χ1n) is 12.6. The van der Waals surface area contributed by atoms with Crippen molar-refractivity contribution >= 4 is 8.32 Å². The Balaban J connectivity index is 1.76. The highest BCUT2D eigenvalue weighted by Gasteiger charge is 2.46. The van der Waals surface area contributed by atoms with Crippen LogP contribution in [-0.4, -0.2) is 33.2 Å². The van der Waals surface area contributed by atoms with Crippen molar-refractivity contribution in [2.45, 2.75) is 89.7 Å². The summed E-state index contributed by atoms with van der Waals surface area (Å²) in [5, 5.41) is 0. The van der Waals surface area contributed by atoms with Gasteiger partial charge >= 0.3 is 0 Å². The lowest BCUT2D eigenvalue weighted by molar-refractivity contribution is -0.139. The molecule has 0 aromatic heterocycles. The first-order valence-corrected chi connectivity index (χ1v) is 14.8. The van der Waals surface area contributed by atoms with Crippen molar-refractivity contribution < 1.29 is 18.6 Å². The van der Waals surface area contributed by atoms with Crippen LogP contribution in [0.5, 0.6) is 0 Å². The fourth-order valence-electron chi connectivity index (χ4n) is 5.37. The standard InChI is InChI=1S/C29H42O4Si/c1-22(2)34(23(3)4,24(5)6)33-21-28-29(32-20-26-15-11-8-12-16-26)27(17-18-30-28)31-19-25-13-9-7-10-14-25/h7-18,22-24,27-29H,19-21H2,1-6H3. The summed E-state index contributed by atoms with van der Waals surface area (Å²) in [6.45, 7) is 15.4. The molecule has 1 aliphatic rings. The third-order valence-corrected chi connectivity index (χ3v) is 13.1. The molecule has 3 rings (SSSR count). The summed E-state index contributed by atoms with van der Waals surface area (Å²) in [6.07, 6.45) is 3.03. The smallest absolute Gasteiger partial charge is 0.200 e. The van der Waals surface area contributed by atoms with E-state index in [2.05, 4.69) is 65.8 Å². The molecule has 3 unspecified atom stereocenters. The summed E-state index contributed by atoms with van der Waals surface area (Å²) in [5.41, 5.74) is 3.82. The molecule has 0 bridgehead atoms. The minimum absolute atomic E-state index is 0.209. The van der Waals surface area contributed by atoms with Crippen molar-refractivity contribution in [3.05, 3.63) is 84.1 Å². The molecule has 4 nitrogen and oxygen atoms in total. The second-order valence-corrected chi connectivity index (χ2v) is 15.6. The van der Waals surface area contributed by atoms with Crippen LogP contribution < -0.4 is 0 Å². The molecule has 3 atom stereocenters. The number of rotatable bonds is 12. The van der Waals surface area contributed by atoms with E-state index in [-0.39, 0.29) is 18.3 Å². The summed E-state index contributed by atoms with van der Waals surface area (Å²) in [5.74, 6) is 0. The van der Waals surface area contributed by atoms with E-state index < -0.39 is 8.32 Å². The molecule has 0 N–H and O–H groups in total. The second-order valence-electron chi connectivity index (χ2n) is 10.2. The lowest BCUT2D eigenvalue weighted by Gasteiger charge is -2.44. The minimum Gasteiger partial charge on any atom is -0.493 e. The molecular weight excluding hydrogens is 440 g/mol. The SMILES string of the molecule is CC(C)[Si](OCC1OC=CC(OCc2ccccc2)C1OCc1ccccc1)(C(C)C)C(C)C. The topological polar surface area (TPSA) is 36.9 Å². The van der Waals surface area contributed by atoms with Crippen LogP contribution in [0, 0.1) is 0 Å². The van der Waals surface area contributed by atoms with Gasteiger partial charge in [0.1, 0.15) is 18.3 Å². The van der Waals surface area contributed by atoms with Crippen molar-refractivity contribution in [3.63, 3.8) is 0 Å². The van der Waals surface area contributed by atoms with Crippen molar-refractivity contribution in [2.75, 3.05) is 6.61 Å². The van der Waals surface area contributed by atoms with E-state index in [1.165, 1.54) is 0 Å². The zero-order valence-corrected chi connectivity index (χ0v) is 22.6. The van der Waals surface area contributed by atoms with Crippen molar-refractivity contribution in [3.8, 4) is 0 Å². The van der Waals surface area contributed by atoms with Crippen LogP contribution >= 0.6 is 0 Å². The third kappa shape index (κ3) is 6.60. The van der Waals surface area contributed by atoms with Gasteiger partial charge in [-0.3, -0.25) is 0 Å². The van der Waals surface area contributed by atoms with Crippen LogP contribution in [0.4, 0.5) is 0 Å². The maximum Gasteiger partial charge on any atom is 0.200 e. The Bertz CT molecular complexity index is 844. The maximum absolute atomic E-state index is 6.89. The number of ether oxygens (including phenoxy) is 3. The van der Waals surface area contributed by atoms with Gasteiger partial charge in [-0.2, -0.15) is 0 Å². The Morgan fingerprint density at radius 2 is 1.24 bits per heavy atom. The normalized spacial score (nSPS) is 20.8. The van der Waals surface area contributed by atoms with Crippen molar-refractivity contribution in [1.82, 2.24) is 0 Å². The number of hydrogen-bond donors (Lipinski definition) is 0. The Labute approximate surface area is 207 Å². The van der Waals surface area contributed by atoms with Crippen LogP contribution in [0.25, 0.3) is 0 Å². The summed E-state index contributed by atoms with van der Waals surface area (Å²) in [7, 11) is -2.02. The predicted octanol–water partition coefficient (Wildman–Crippen LogP) is 7.26. The summed E-state index contributed by atoms with van der Waals surface area (Å²) >= 11 is 0. The van der Waals surface area contributed by atoms with E-state index in [4.69, 9.17) is 18.6 Å². The zero-order valence-electron chi connectivity index (χ0n) is 21.6. The van der Waals surface area contributed by atoms with Gasteiger partial charge in [0.05, 0.1) is 26.1 Å². The van der Waals surface area contributed by atoms with Crippen LogP contribution in [-0.2, 0) is 31.9 Å². The number of hydrogen-bond acceptors (Lipinski definition) is 4. The van der Waals surface area contributed by atoms with E-state index in [0.717, 1.165) is 11.1 Å². The largest absolute Gasteiger partial charge is 0.493 e. The molecule has 0 saturated heterocycles. The molecule has 186 valence electrons. The average Bonchev–Trinajstić information content (AvgIpc) is 2.83. The van der Waals surface area contributed by atoms with E-state index in [1.54, 1.807) is 6.26 Å². The van der Waals surface area contributed by atoms with Crippen LogP contribution in [0.2, 0.25) is 16.6 Å². The predicted molar refractivity (Wildman–Crippen MR) is 141 cm³/mol. The lowest BCUT2D eigenvalue weighted by atomic mass is 10.1. The van der Waals surface area contributed by atoms with E-state index >= 15 is 0 Å². The molecule has 2 aromatic rings. The minimum atomic E-state index is -2.02. The van der Waals surface area contributed by atoms with Gasteiger partial charge < -0.3 is 18.6 Å². The molecule has 0 fully saturated rings. The summed E-state index contributed by atoms with van der Waals surface area (Å²) < 4.78 is 25.8. The molecule has 0 saturated carbocycles. The fourth-order valence-corrected chi connectivity index (χ4v) is 10.8. The molecule has 0 spiro atoms. The van der Waals surface area contributed by atoms with Crippen LogP contribution in [0.1, 0.15) is 52.7 Å². The molecule has 1 aliphatic heterocycles. The molecule has 1 heterocycles. The van der Waals surface area contributed by atoms with E-state index in [9.17, 15) is 0 Å².